The van der Waals surface area contributed by atoms with Crippen molar-refractivity contribution in [3.63, 3.8) is 0 Å². The molecule has 4 aromatic heterocycles. The van der Waals surface area contributed by atoms with E-state index in [1.165, 1.54) is 12.1 Å². The van der Waals surface area contributed by atoms with Gasteiger partial charge in [-0.15, -0.1) is 0 Å². The molecule has 6 nitrogen and oxygen atoms in total. The average Bonchev–Trinajstić information content (AvgIpc) is 3.42. The van der Waals surface area contributed by atoms with Crippen LogP contribution in [0.1, 0.15) is 5.56 Å². The van der Waals surface area contributed by atoms with Crippen LogP contribution in [0.5, 0.6) is 0 Å². The van der Waals surface area contributed by atoms with E-state index in [4.69, 9.17) is 4.98 Å². The van der Waals surface area contributed by atoms with Crippen molar-refractivity contribution in [3.05, 3.63) is 84.6 Å². The van der Waals surface area contributed by atoms with Gasteiger partial charge in [-0.3, -0.25) is 15.1 Å². The highest BCUT2D eigenvalue weighted by atomic mass is 19.1. The van der Waals surface area contributed by atoms with E-state index in [9.17, 15) is 4.39 Å². The summed E-state index contributed by atoms with van der Waals surface area (Å²) < 4.78 is 14.0. The molecule has 0 saturated heterocycles. The Hall–Kier alpha value is -4.39. The van der Waals surface area contributed by atoms with Crippen molar-refractivity contribution in [2.24, 2.45) is 0 Å². The number of aromatic nitrogens is 6. The summed E-state index contributed by atoms with van der Waals surface area (Å²) in [6.45, 7) is 1.86. The van der Waals surface area contributed by atoms with E-state index < -0.39 is 0 Å². The summed E-state index contributed by atoms with van der Waals surface area (Å²) in [5, 5.41) is 8.54. The van der Waals surface area contributed by atoms with Gasteiger partial charge in [-0.25, -0.2) is 9.37 Å². The molecular weight excluding hydrogens is 403 g/mol. The third-order valence-electron chi connectivity index (χ3n) is 5.50. The summed E-state index contributed by atoms with van der Waals surface area (Å²) in [7, 11) is 0. The highest BCUT2D eigenvalue weighted by Crippen LogP contribution is 2.32. The minimum atomic E-state index is -0.296. The Bertz CT molecular complexity index is 1580. The van der Waals surface area contributed by atoms with Crippen LogP contribution in [0, 0.1) is 12.7 Å². The second kappa shape index (κ2) is 7.09. The molecule has 0 unspecified atom stereocenters. The number of nitrogens with zero attached hydrogens (tertiary/aromatic N) is 4. The van der Waals surface area contributed by atoms with E-state index in [0.29, 0.717) is 28.3 Å². The van der Waals surface area contributed by atoms with E-state index in [1.807, 2.05) is 49.5 Å². The van der Waals surface area contributed by atoms with Crippen LogP contribution in [0.15, 0.2) is 73.2 Å². The van der Waals surface area contributed by atoms with Crippen molar-refractivity contribution >= 4 is 21.9 Å². The molecule has 0 bridgehead atoms. The third kappa shape index (κ3) is 3.02. The monoisotopic (exact) mass is 420 g/mol. The molecular formula is C25H17FN6. The molecule has 2 N–H and O–H groups in total. The van der Waals surface area contributed by atoms with Crippen LogP contribution in [0.25, 0.3) is 55.8 Å². The number of hydrogen-bond acceptors (Lipinski definition) is 4. The zero-order valence-electron chi connectivity index (χ0n) is 17.1. The highest BCUT2D eigenvalue weighted by molar-refractivity contribution is 5.97. The molecule has 7 heteroatoms. The molecule has 154 valence electrons. The normalized spacial score (nSPS) is 11.4. The molecule has 0 fully saturated rings. The Morgan fingerprint density at radius 2 is 1.78 bits per heavy atom. The first-order valence-electron chi connectivity index (χ1n) is 10.2. The summed E-state index contributed by atoms with van der Waals surface area (Å²) in [6.07, 6.45) is 5.29. The first-order chi connectivity index (χ1) is 15.7. The fraction of sp³-hybridized carbons (Fsp3) is 0.0400. The lowest BCUT2D eigenvalue weighted by Gasteiger charge is -2.03. The van der Waals surface area contributed by atoms with Crippen LogP contribution in [-0.2, 0) is 0 Å². The van der Waals surface area contributed by atoms with Gasteiger partial charge < -0.3 is 4.98 Å². The zero-order chi connectivity index (χ0) is 21.7. The SMILES string of the molecule is Cc1cc(F)cc(-c2nccc3[nH]c(-c4n[nH]c5ccc(-c6cccnc6)cc45)nc23)c1. The molecule has 0 aliphatic carbocycles. The lowest BCUT2D eigenvalue weighted by Crippen LogP contribution is -1.88. The maximum absolute atomic E-state index is 14.0. The number of imidazole rings is 1. The van der Waals surface area contributed by atoms with Gasteiger partial charge in [0.2, 0.25) is 0 Å². The molecule has 0 spiro atoms. The largest absolute Gasteiger partial charge is 0.336 e. The van der Waals surface area contributed by atoms with Crippen molar-refractivity contribution in [1.29, 1.82) is 0 Å². The van der Waals surface area contributed by atoms with Gasteiger partial charge in [0.25, 0.3) is 0 Å². The van der Waals surface area contributed by atoms with E-state index in [-0.39, 0.29) is 5.82 Å². The third-order valence-corrected chi connectivity index (χ3v) is 5.50. The molecule has 2 aromatic carbocycles. The maximum Gasteiger partial charge on any atom is 0.159 e. The van der Waals surface area contributed by atoms with Gasteiger partial charge in [-0.05, 0) is 60.5 Å². The lowest BCUT2D eigenvalue weighted by atomic mass is 10.0. The van der Waals surface area contributed by atoms with Crippen molar-refractivity contribution in [2.75, 3.05) is 0 Å². The van der Waals surface area contributed by atoms with Crippen LogP contribution in [0.3, 0.4) is 0 Å². The Labute approximate surface area is 182 Å². The topological polar surface area (TPSA) is 83.1 Å². The van der Waals surface area contributed by atoms with Crippen molar-refractivity contribution in [1.82, 2.24) is 30.1 Å². The van der Waals surface area contributed by atoms with E-state index >= 15 is 0 Å². The minimum absolute atomic E-state index is 0.296. The number of pyridine rings is 2. The number of H-pyrrole nitrogens is 2. The van der Waals surface area contributed by atoms with Crippen molar-refractivity contribution < 1.29 is 4.39 Å². The smallest absolute Gasteiger partial charge is 0.159 e. The number of rotatable bonds is 3. The quantitative estimate of drug-likeness (QED) is 0.386. The molecule has 0 saturated carbocycles. The Morgan fingerprint density at radius 3 is 2.62 bits per heavy atom. The Balaban J connectivity index is 1.52. The number of benzene rings is 2. The maximum atomic E-state index is 14.0. The fourth-order valence-corrected chi connectivity index (χ4v) is 4.04. The van der Waals surface area contributed by atoms with Crippen LogP contribution in [-0.4, -0.2) is 30.1 Å². The second-order valence-electron chi connectivity index (χ2n) is 7.73. The fourth-order valence-electron chi connectivity index (χ4n) is 4.04. The summed E-state index contributed by atoms with van der Waals surface area (Å²) >= 11 is 0. The molecule has 32 heavy (non-hydrogen) atoms. The average molecular weight is 420 g/mol. The standard InChI is InChI=1S/C25H17FN6/c1-14-9-17(11-18(26)10-14)22-24-21(6-8-28-22)29-25(30-24)23-19-12-15(4-5-20(19)31-32-23)16-3-2-7-27-13-16/h2-13H,1H3,(H,29,30)(H,31,32). The summed E-state index contributed by atoms with van der Waals surface area (Å²) in [5.41, 5.74) is 7.33. The first-order valence-corrected chi connectivity index (χ1v) is 10.2. The Kier molecular flexibility index (Phi) is 4.07. The van der Waals surface area contributed by atoms with Crippen LogP contribution >= 0.6 is 0 Å². The van der Waals surface area contributed by atoms with Crippen molar-refractivity contribution in [2.45, 2.75) is 6.92 Å². The summed E-state index contributed by atoms with van der Waals surface area (Å²) in [6, 6.07) is 16.8. The molecule has 0 amide bonds. The predicted octanol–water partition coefficient (Wildman–Crippen LogP) is 5.68. The predicted molar refractivity (Wildman–Crippen MR) is 122 cm³/mol. The van der Waals surface area contributed by atoms with Gasteiger partial charge >= 0.3 is 0 Å². The van der Waals surface area contributed by atoms with E-state index in [2.05, 4.69) is 31.2 Å². The number of hydrogen-bond donors (Lipinski definition) is 2. The minimum Gasteiger partial charge on any atom is -0.336 e. The lowest BCUT2D eigenvalue weighted by molar-refractivity contribution is 0.627. The van der Waals surface area contributed by atoms with Gasteiger partial charge in [0.05, 0.1) is 16.7 Å². The summed E-state index contributed by atoms with van der Waals surface area (Å²) in [4.78, 5) is 16.9. The molecule has 0 aliphatic heterocycles. The second-order valence-corrected chi connectivity index (χ2v) is 7.73. The molecule has 6 rings (SSSR count). The van der Waals surface area contributed by atoms with Gasteiger partial charge in [-0.1, -0.05) is 12.1 Å². The van der Waals surface area contributed by atoms with Crippen LogP contribution < -0.4 is 0 Å². The van der Waals surface area contributed by atoms with Gasteiger partial charge in [-0.2, -0.15) is 5.10 Å². The highest BCUT2D eigenvalue weighted by Gasteiger charge is 2.17. The van der Waals surface area contributed by atoms with Crippen molar-refractivity contribution in [3.8, 4) is 33.9 Å². The number of fused-ring (bicyclic) bond motifs is 2. The Morgan fingerprint density at radius 1 is 0.844 bits per heavy atom. The molecule has 6 aromatic rings. The summed E-state index contributed by atoms with van der Waals surface area (Å²) in [5.74, 6) is 0.327. The van der Waals surface area contributed by atoms with Gasteiger partial charge in [0.15, 0.2) is 5.82 Å². The van der Waals surface area contributed by atoms with Gasteiger partial charge in [0, 0.05) is 35.1 Å². The number of halogens is 1. The molecule has 0 aliphatic rings. The molecule has 4 heterocycles. The van der Waals surface area contributed by atoms with E-state index in [1.54, 1.807) is 12.4 Å². The van der Waals surface area contributed by atoms with Crippen LogP contribution in [0.2, 0.25) is 0 Å². The van der Waals surface area contributed by atoms with E-state index in [0.717, 1.165) is 33.1 Å². The molecule has 0 radical (unpaired) electrons. The number of aryl methyl sites for hydroxylation is 1. The number of nitrogens with one attached hydrogen (secondary N) is 2. The number of aromatic amines is 2. The zero-order valence-corrected chi connectivity index (χ0v) is 17.1. The van der Waals surface area contributed by atoms with Gasteiger partial charge in [0.1, 0.15) is 17.0 Å². The van der Waals surface area contributed by atoms with Crippen LogP contribution in [0.4, 0.5) is 4.39 Å². The first kappa shape index (κ1) is 18.4. The molecule has 0 atom stereocenters.